The van der Waals surface area contributed by atoms with Crippen molar-refractivity contribution < 1.29 is 23.9 Å². The number of methoxy groups -OCH3 is 1. The van der Waals surface area contributed by atoms with Gasteiger partial charge in [0.1, 0.15) is 11.5 Å². The lowest BCUT2D eigenvalue weighted by Crippen LogP contribution is -2.28. The number of anilines is 2. The van der Waals surface area contributed by atoms with Gasteiger partial charge in [0, 0.05) is 23.9 Å². The average Bonchev–Trinajstić information content (AvgIpc) is 2.86. The third-order valence-electron chi connectivity index (χ3n) is 4.93. The Morgan fingerprint density at radius 2 is 1.57 bits per heavy atom. The fourth-order valence-corrected chi connectivity index (χ4v) is 3.13. The highest BCUT2D eigenvalue weighted by Gasteiger charge is 2.14. The van der Waals surface area contributed by atoms with Gasteiger partial charge in [-0.15, -0.1) is 0 Å². The summed E-state index contributed by atoms with van der Waals surface area (Å²) in [7, 11) is 1.55. The van der Waals surface area contributed by atoms with Crippen molar-refractivity contribution in [2.75, 3.05) is 30.9 Å². The Bertz CT molecular complexity index is 1180. The molecule has 0 aliphatic rings. The van der Waals surface area contributed by atoms with Gasteiger partial charge in [0.05, 0.1) is 18.4 Å². The van der Waals surface area contributed by atoms with E-state index in [9.17, 15) is 14.4 Å². The maximum absolute atomic E-state index is 12.7. The summed E-state index contributed by atoms with van der Waals surface area (Å²) in [4.78, 5) is 37.4. The predicted molar refractivity (Wildman–Crippen MR) is 135 cm³/mol. The first-order chi connectivity index (χ1) is 16.9. The molecule has 0 heterocycles. The van der Waals surface area contributed by atoms with Crippen LogP contribution in [-0.4, -0.2) is 38.0 Å². The minimum Gasteiger partial charge on any atom is -0.497 e. The molecule has 0 atom stereocenters. The fraction of sp³-hybridized carbons (Fsp3) is 0.222. The maximum atomic E-state index is 12.7. The Morgan fingerprint density at radius 3 is 2.29 bits per heavy atom. The van der Waals surface area contributed by atoms with Crippen molar-refractivity contribution in [1.29, 1.82) is 0 Å². The van der Waals surface area contributed by atoms with Crippen LogP contribution in [0.15, 0.2) is 72.8 Å². The van der Waals surface area contributed by atoms with E-state index in [2.05, 4.69) is 16.0 Å². The van der Waals surface area contributed by atoms with E-state index >= 15 is 0 Å². The Morgan fingerprint density at radius 1 is 0.829 bits per heavy atom. The third-order valence-corrected chi connectivity index (χ3v) is 4.93. The van der Waals surface area contributed by atoms with Crippen LogP contribution < -0.4 is 25.4 Å². The Kier molecular flexibility index (Phi) is 8.83. The summed E-state index contributed by atoms with van der Waals surface area (Å²) >= 11 is 0. The molecule has 3 amide bonds. The van der Waals surface area contributed by atoms with Gasteiger partial charge in [-0.1, -0.05) is 32.0 Å². The zero-order chi connectivity index (χ0) is 25.2. The Labute approximate surface area is 204 Å². The first-order valence-corrected chi connectivity index (χ1v) is 11.2. The largest absolute Gasteiger partial charge is 0.497 e. The van der Waals surface area contributed by atoms with Gasteiger partial charge in [0.15, 0.2) is 6.61 Å². The molecule has 0 aliphatic heterocycles. The lowest BCUT2D eigenvalue weighted by molar-refractivity contribution is -0.118. The lowest BCUT2D eigenvalue weighted by Gasteiger charge is -2.13. The molecular formula is C27H29N3O5. The van der Waals surface area contributed by atoms with Crippen molar-refractivity contribution >= 4 is 29.1 Å². The number of carbonyl (C=O) groups is 3. The number of ether oxygens (including phenoxy) is 2. The van der Waals surface area contributed by atoms with Crippen LogP contribution in [0.4, 0.5) is 11.4 Å². The number of nitrogens with one attached hydrogen (secondary N) is 3. The Balaban J connectivity index is 1.56. The van der Waals surface area contributed by atoms with Crippen LogP contribution in [0.1, 0.15) is 34.6 Å². The summed E-state index contributed by atoms with van der Waals surface area (Å²) in [5.74, 6) is 0.455. The second-order valence-electron chi connectivity index (χ2n) is 8.20. The van der Waals surface area contributed by atoms with E-state index in [1.807, 2.05) is 13.8 Å². The van der Waals surface area contributed by atoms with Crippen LogP contribution in [-0.2, 0) is 4.79 Å². The third kappa shape index (κ3) is 7.60. The summed E-state index contributed by atoms with van der Waals surface area (Å²) in [6.07, 6.45) is 0. The minimum absolute atomic E-state index is 0.193. The summed E-state index contributed by atoms with van der Waals surface area (Å²) in [6.45, 7) is 4.37. The normalized spacial score (nSPS) is 10.4. The molecule has 0 saturated heterocycles. The predicted octanol–water partition coefficient (Wildman–Crippen LogP) is 4.35. The summed E-state index contributed by atoms with van der Waals surface area (Å²) < 4.78 is 10.7. The van der Waals surface area contributed by atoms with Crippen molar-refractivity contribution in [2.24, 2.45) is 5.92 Å². The summed E-state index contributed by atoms with van der Waals surface area (Å²) in [5, 5.41) is 8.38. The number of rotatable bonds is 10. The summed E-state index contributed by atoms with van der Waals surface area (Å²) in [5.41, 5.74) is 1.80. The van der Waals surface area contributed by atoms with Crippen molar-refractivity contribution in [3.63, 3.8) is 0 Å². The average molecular weight is 476 g/mol. The van der Waals surface area contributed by atoms with Crippen molar-refractivity contribution in [1.82, 2.24) is 5.32 Å². The molecule has 0 unspecified atom stereocenters. The molecular weight excluding hydrogens is 446 g/mol. The van der Waals surface area contributed by atoms with Gasteiger partial charge in [-0.2, -0.15) is 0 Å². The van der Waals surface area contributed by atoms with E-state index in [4.69, 9.17) is 9.47 Å². The molecule has 0 saturated carbocycles. The fourth-order valence-electron chi connectivity index (χ4n) is 3.13. The van der Waals surface area contributed by atoms with Gasteiger partial charge in [-0.25, -0.2) is 0 Å². The van der Waals surface area contributed by atoms with Crippen LogP contribution in [0.5, 0.6) is 11.5 Å². The molecule has 0 aliphatic carbocycles. The highest BCUT2D eigenvalue weighted by Crippen LogP contribution is 2.19. The molecule has 3 aromatic rings. The molecule has 3 aromatic carbocycles. The first kappa shape index (κ1) is 25.3. The van der Waals surface area contributed by atoms with Crippen molar-refractivity contribution in [3.05, 3.63) is 83.9 Å². The second kappa shape index (κ2) is 12.2. The minimum atomic E-state index is -0.364. The van der Waals surface area contributed by atoms with E-state index in [1.165, 1.54) is 0 Å². The molecule has 3 rings (SSSR count). The molecule has 8 nitrogen and oxygen atoms in total. The molecule has 0 spiro atoms. The molecule has 0 fully saturated rings. The monoisotopic (exact) mass is 475 g/mol. The number of carbonyl (C=O) groups excluding carboxylic acids is 3. The molecule has 0 bridgehead atoms. The smallest absolute Gasteiger partial charge is 0.262 e. The topological polar surface area (TPSA) is 106 Å². The molecule has 0 aromatic heterocycles. The van der Waals surface area contributed by atoms with Crippen LogP contribution in [0.3, 0.4) is 0 Å². The first-order valence-electron chi connectivity index (χ1n) is 11.2. The van der Waals surface area contributed by atoms with E-state index < -0.39 is 0 Å². The van der Waals surface area contributed by atoms with E-state index in [0.717, 1.165) is 0 Å². The van der Waals surface area contributed by atoms with E-state index in [1.54, 1.807) is 79.9 Å². The van der Waals surface area contributed by atoms with Crippen molar-refractivity contribution in [2.45, 2.75) is 13.8 Å². The highest BCUT2D eigenvalue weighted by atomic mass is 16.5. The van der Waals surface area contributed by atoms with Gasteiger partial charge in [0.25, 0.3) is 17.7 Å². The Hall–Kier alpha value is -4.33. The number of hydrogen-bond donors (Lipinski definition) is 3. The van der Waals surface area contributed by atoms with Crippen LogP contribution in [0.2, 0.25) is 0 Å². The molecule has 8 heteroatoms. The van der Waals surface area contributed by atoms with Gasteiger partial charge < -0.3 is 25.4 Å². The summed E-state index contributed by atoms with van der Waals surface area (Å²) in [6, 6.07) is 20.2. The van der Waals surface area contributed by atoms with Crippen LogP contribution >= 0.6 is 0 Å². The van der Waals surface area contributed by atoms with E-state index in [-0.39, 0.29) is 24.3 Å². The van der Waals surface area contributed by atoms with Gasteiger partial charge in [-0.05, 0) is 54.4 Å². The van der Waals surface area contributed by atoms with Crippen LogP contribution in [0.25, 0.3) is 0 Å². The highest BCUT2D eigenvalue weighted by molar-refractivity contribution is 6.09. The molecule has 35 heavy (non-hydrogen) atoms. The van der Waals surface area contributed by atoms with Gasteiger partial charge >= 0.3 is 0 Å². The second-order valence-corrected chi connectivity index (χ2v) is 8.20. The van der Waals surface area contributed by atoms with Crippen molar-refractivity contribution in [3.8, 4) is 11.5 Å². The quantitative estimate of drug-likeness (QED) is 0.404. The number of amides is 3. The van der Waals surface area contributed by atoms with E-state index in [0.29, 0.717) is 46.5 Å². The van der Waals surface area contributed by atoms with Crippen LogP contribution in [0, 0.1) is 5.92 Å². The zero-order valence-electron chi connectivity index (χ0n) is 20.0. The van der Waals surface area contributed by atoms with Gasteiger partial charge in [-0.3, -0.25) is 14.4 Å². The number of benzene rings is 3. The zero-order valence-corrected chi connectivity index (χ0v) is 20.0. The lowest BCUT2D eigenvalue weighted by atomic mass is 10.1. The number of hydrogen-bond acceptors (Lipinski definition) is 5. The van der Waals surface area contributed by atoms with Gasteiger partial charge in [0.2, 0.25) is 0 Å². The molecule has 182 valence electrons. The maximum Gasteiger partial charge on any atom is 0.262 e. The molecule has 3 N–H and O–H groups in total. The number of para-hydroxylation sites is 1. The SMILES string of the molecule is COc1cccc(NC(=O)COc2ccc(C(=O)Nc3ccccc3C(=O)NCC(C)C)cc2)c1. The molecule has 0 radical (unpaired) electrons. The standard InChI is InChI=1S/C27H29N3O5/c1-18(2)16-28-27(33)23-9-4-5-10-24(23)30-26(32)19-11-13-21(14-12-19)35-17-25(31)29-20-7-6-8-22(15-20)34-3/h4-15,18H,16-17H2,1-3H3,(H,28,33)(H,29,31)(H,30,32).